The number of aliphatic carboxylic acids is 1. The molecule has 1 N–H and O–H groups in total. The number of hydrogen-bond donors (Lipinski definition) is 1. The number of morpholine rings is 1. The van der Waals surface area contributed by atoms with Gasteiger partial charge < -0.3 is 19.6 Å². The van der Waals surface area contributed by atoms with Crippen LogP contribution in [0.5, 0.6) is 0 Å². The van der Waals surface area contributed by atoms with E-state index in [0.29, 0.717) is 25.7 Å². The fraction of sp³-hybridized carbons (Fsp3) is 0.857. The highest BCUT2D eigenvalue weighted by Crippen LogP contribution is 2.24. The van der Waals surface area contributed by atoms with Crippen LogP contribution in [0.1, 0.15) is 33.1 Å². The van der Waals surface area contributed by atoms with E-state index in [4.69, 9.17) is 9.84 Å². The van der Waals surface area contributed by atoms with E-state index in [1.165, 1.54) is 0 Å². The highest BCUT2D eigenvalue weighted by molar-refractivity contribution is 5.76. The summed E-state index contributed by atoms with van der Waals surface area (Å²) in [4.78, 5) is 27.2. The number of carboxylic acids is 1. The van der Waals surface area contributed by atoms with Crippen LogP contribution in [0.4, 0.5) is 4.79 Å². The summed E-state index contributed by atoms with van der Waals surface area (Å²) in [6, 6.07) is -0.149. The predicted octanol–water partition coefficient (Wildman–Crippen LogP) is 1.40. The van der Waals surface area contributed by atoms with Gasteiger partial charge in [-0.3, -0.25) is 4.79 Å². The number of carboxylic acid groups (broad SMARTS) is 1. The van der Waals surface area contributed by atoms with Crippen LogP contribution in [0.2, 0.25) is 0 Å². The van der Waals surface area contributed by atoms with Crippen LogP contribution in [-0.4, -0.2) is 65.3 Å². The van der Waals surface area contributed by atoms with Gasteiger partial charge >= 0.3 is 12.0 Å². The van der Waals surface area contributed by atoms with Gasteiger partial charge in [-0.2, -0.15) is 0 Å². The van der Waals surface area contributed by atoms with Gasteiger partial charge in [-0.05, 0) is 25.7 Å². The summed E-state index contributed by atoms with van der Waals surface area (Å²) in [7, 11) is 0. The van der Waals surface area contributed by atoms with E-state index >= 15 is 0 Å². The molecular weight excluding hydrogens is 260 g/mol. The molecular formula is C14H24N2O4. The Bertz CT molecular complexity index is 374. The van der Waals surface area contributed by atoms with E-state index in [1.54, 1.807) is 4.90 Å². The number of ether oxygens (including phenoxy) is 1. The second-order valence-corrected chi connectivity index (χ2v) is 5.99. The van der Waals surface area contributed by atoms with Crippen LogP contribution in [0, 0.1) is 5.92 Å². The minimum absolute atomic E-state index is 0.0291. The summed E-state index contributed by atoms with van der Waals surface area (Å²) in [5, 5.41) is 8.96. The van der Waals surface area contributed by atoms with Gasteiger partial charge in [-0.1, -0.05) is 6.92 Å². The van der Waals surface area contributed by atoms with E-state index in [-0.39, 0.29) is 24.5 Å². The first-order valence-corrected chi connectivity index (χ1v) is 7.35. The normalized spacial score (nSPS) is 31.2. The average molecular weight is 284 g/mol. The fourth-order valence-corrected chi connectivity index (χ4v) is 3.00. The number of urea groups is 1. The molecule has 0 spiro atoms. The molecule has 114 valence electrons. The second kappa shape index (κ2) is 6.43. The summed E-state index contributed by atoms with van der Waals surface area (Å²) in [5.74, 6) is -0.382. The average Bonchev–Trinajstić information content (AvgIpc) is 2.41. The minimum atomic E-state index is -0.890. The maximum absolute atomic E-state index is 12.7. The first-order valence-electron chi connectivity index (χ1n) is 7.35. The zero-order valence-electron chi connectivity index (χ0n) is 12.2. The number of nitrogens with zero attached hydrogens (tertiary/aromatic N) is 2. The minimum Gasteiger partial charge on any atom is -0.481 e. The highest BCUT2D eigenvalue weighted by atomic mass is 16.5. The van der Waals surface area contributed by atoms with Crippen molar-refractivity contribution < 1.29 is 19.4 Å². The van der Waals surface area contributed by atoms with Crippen LogP contribution in [0.25, 0.3) is 0 Å². The number of amides is 2. The molecule has 2 saturated heterocycles. The number of carbonyl (C=O) groups is 2. The van der Waals surface area contributed by atoms with Crippen LogP contribution >= 0.6 is 0 Å². The van der Waals surface area contributed by atoms with Gasteiger partial charge in [0, 0.05) is 19.1 Å². The Morgan fingerprint density at radius 2 is 2.00 bits per heavy atom. The Hall–Kier alpha value is -1.30. The molecule has 6 nitrogen and oxygen atoms in total. The zero-order chi connectivity index (χ0) is 14.7. The number of carbonyl (C=O) groups excluding carboxylic acids is 1. The van der Waals surface area contributed by atoms with Crippen LogP contribution in [-0.2, 0) is 9.53 Å². The molecule has 2 aliphatic heterocycles. The van der Waals surface area contributed by atoms with Gasteiger partial charge in [0.25, 0.3) is 0 Å². The zero-order valence-corrected chi connectivity index (χ0v) is 12.2. The van der Waals surface area contributed by atoms with Crippen molar-refractivity contribution in [3.8, 4) is 0 Å². The molecule has 2 fully saturated rings. The molecule has 0 radical (unpaired) electrons. The molecule has 6 heteroatoms. The molecule has 0 saturated carbocycles. The van der Waals surface area contributed by atoms with Crippen LogP contribution in [0.3, 0.4) is 0 Å². The van der Waals surface area contributed by atoms with Crippen LogP contribution < -0.4 is 0 Å². The maximum atomic E-state index is 12.7. The van der Waals surface area contributed by atoms with Crippen molar-refractivity contribution >= 4 is 12.0 Å². The number of piperidine rings is 1. The predicted molar refractivity (Wildman–Crippen MR) is 73.5 cm³/mol. The lowest BCUT2D eigenvalue weighted by molar-refractivity contribution is -0.139. The Labute approximate surface area is 119 Å². The van der Waals surface area contributed by atoms with Gasteiger partial charge in [-0.15, -0.1) is 0 Å². The second-order valence-electron chi connectivity index (χ2n) is 5.99. The fourth-order valence-electron chi connectivity index (χ4n) is 3.00. The van der Waals surface area contributed by atoms with Crippen molar-refractivity contribution in [1.29, 1.82) is 0 Å². The van der Waals surface area contributed by atoms with Crippen molar-refractivity contribution in [2.75, 3.05) is 26.3 Å². The third-order valence-corrected chi connectivity index (χ3v) is 4.25. The number of hydrogen-bond acceptors (Lipinski definition) is 3. The number of rotatable bonds is 2. The molecule has 0 aromatic carbocycles. The first kappa shape index (κ1) is 15.1. The van der Waals surface area contributed by atoms with Gasteiger partial charge in [-0.25, -0.2) is 4.79 Å². The van der Waals surface area contributed by atoms with E-state index < -0.39 is 5.97 Å². The lowest BCUT2D eigenvalue weighted by Gasteiger charge is -2.43. The largest absolute Gasteiger partial charge is 0.481 e. The highest BCUT2D eigenvalue weighted by Gasteiger charge is 2.35. The third-order valence-electron chi connectivity index (χ3n) is 4.25. The molecule has 0 bridgehead atoms. The molecule has 2 rings (SSSR count). The molecule has 3 unspecified atom stereocenters. The van der Waals surface area contributed by atoms with E-state index in [1.807, 2.05) is 4.90 Å². The van der Waals surface area contributed by atoms with Gasteiger partial charge in [0.05, 0.1) is 25.7 Å². The van der Waals surface area contributed by atoms with Crippen molar-refractivity contribution in [2.45, 2.75) is 45.2 Å². The molecule has 0 aliphatic carbocycles. The lowest BCUT2D eigenvalue weighted by Crippen LogP contribution is -2.57. The molecule has 20 heavy (non-hydrogen) atoms. The number of likely N-dealkylation sites (tertiary alicyclic amines) is 1. The van der Waals surface area contributed by atoms with Gasteiger partial charge in [0.1, 0.15) is 0 Å². The topological polar surface area (TPSA) is 70.1 Å². The van der Waals surface area contributed by atoms with E-state index in [0.717, 1.165) is 19.4 Å². The van der Waals surface area contributed by atoms with E-state index in [9.17, 15) is 9.59 Å². The molecule has 2 aliphatic rings. The molecule has 0 aromatic rings. The summed E-state index contributed by atoms with van der Waals surface area (Å²) in [5.41, 5.74) is 0. The monoisotopic (exact) mass is 284 g/mol. The van der Waals surface area contributed by atoms with E-state index in [2.05, 4.69) is 13.8 Å². The third kappa shape index (κ3) is 3.42. The maximum Gasteiger partial charge on any atom is 0.320 e. The smallest absolute Gasteiger partial charge is 0.320 e. The summed E-state index contributed by atoms with van der Waals surface area (Å²) in [6.07, 6.45) is 2.11. The molecule has 2 heterocycles. The quantitative estimate of drug-likeness (QED) is 0.832. The first-order chi connectivity index (χ1) is 9.49. The summed E-state index contributed by atoms with van der Waals surface area (Å²) < 4.78 is 5.32. The van der Waals surface area contributed by atoms with Crippen LogP contribution in [0.15, 0.2) is 0 Å². The summed E-state index contributed by atoms with van der Waals surface area (Å²) in [6.45, 7) is 6.26. The summed E-state index contributed by atoms with van der Waals surface area (Å²) >= 11 is 0. The van der Waals surface area contributed by atoms with Crippen molar-refractivity contribution in [3.63, 3.8) is 0 Å². The van der Waals surface area contributed by atoms with Gasteiger partial charge in [0.2, 0.25) is 0 Å². The van der Waals surface area contributed by atoms with Gasteiger partial charge in [0.15, 0.2) is 0 Å². The van der Waals surface area contributed by atoms with Crippen molar-refractivity contribution in [3.05, 3.63) is 0 Å². The van der Waals surface area contributed by atoms with Crippen molar-refractivity contribution in [2.24, 2.45) is 5.92 Å². The lowest BCUT2D eigenvalue weighted by atomic mass is 9.95. The Morgan fingerprint density at radius 1 is 1.25 bits per heavy atom. The molecule has 2 amide bonds. The van der Waals surface area contributed by atoms with Crippen molar-refractivity contribution in [1.82, 2.24) is 9.80 Å². The Morgan fingerprint density at radius 3 is 2.70 bits per heavy atom. The molecule has 3 atom stereocenters. The standard InChI is InChI=1S/C14H24N2O4/c1-10-3-4-11(2)16(8-10)14(19)15-5-6-20-9-12(15)7-13(17)18/h10-12H,3-9H2,1-2H3,(H,17,18). The SMILES string of the molecule is CC1CCC(C)N(C(=O)N2CCOCC2CC(=O)O)C1. The molecule has 0 aromatic heterocycles. The Kier molecular flexibility index (Phi) is 4.86. The Balaban J connectivity index is 2.06.